The topological polar surface area (TPSA) is 3.24 Å². The second-order valence-electron chi connectivity index (χ2n) is 13.3. The molecule has 0 N–H and O–H groups in total. The Morgan fingerprint density at radius 1 is 0.630 bits per heavy atom. The number of hydrogen-bond donors (Lipinski definition) is 0. The second kappa shape index (κ2) is 8.37. The minimum Gasteiger partial charge on any atom is -0.306 e. The van der Waals surface area contributed by atoms with Crippen molar-refractivity contribution in [1.29, 1.82) is 0 Å². The smallest absolute Gasteiger partial charge is 0.00162 e. The van der Waals surface area contributed by atoms with Gasteiger partial charge in [-0.05, 0) is 78.8 Å². The first-order chi connectivity index (χ1) is 12.0. The van der Waals surface area contributed by atoms with E-state index in [9.17, 15) is 0 Å². The maximum absolute atomic E-state index is 2.57. The highest BCUT2D eigenvalue weighted by atomic mass is 15.1. The maximum atomic E-state index is 2.57. The predicted molar refractivity (Wildman–Crippen MR) is 123 cm³/mol. The quantitative estimate of drug-likeness (QED) is 0.469. The van der Waals surface area contributed by atoms with Gasteiger partial charge in [-0.25, -0.2) is 0 Å². The first-order valence-corrected chi connectivity index (χ1v) is 11.6. The van der Waals surface area contributed by atoms with Gasteiger partial charge < -0.3 is 4.90 Å². The first kappa shape index (κ1) is 25.0. The van der Waals surface area contributed by atoms with Crippen LogP contribution in [0, 0.1) is 33.0 Å². The fourth-order valence-electron chi connectivity index (χ4n) is 4.79. The Balaban J connectivity index is 0.000000387. The summed E-state index contributed by atoms with van der Waals surface area (Å²) in [6.45, 7) is 28.7. The SMILES string of the molecule is CC(C)(C)C(C)(C)C.CN1CCC(C2CCCC2)(C(C)(C)C(C)(C)C)CC1. The van der Waals surface area contributed by atoms with Gasteiger partial charge in [-0.15, -0.1) is 0 Å². The van der Waals surface area contributed by atoms with Crippen LogP contribution >= 0.6 is 0 Å². The van der Waals surface area contributed by atoms with Crippen LogP contribution < -0.4 is 0 Å². The fraction of sp³-hybridized carbons (Fsp3) is 1.00. The van der Waals surface area contributed by atoms with Crippen molar-refractivity contribution in [3.8, 4) is 0 Å². The van der Waals surface area contributed by atoms with E-state index in [1.807, 2.05) is 0 Å². The van der Waals surface area contributed by atoms with Crippen LogP contribution in [0.2, 0.25) is 0 Å². The molecule has 2 rings (SSSR count). The summed E-state index contributed by atoms with van der Waals surface area (Å²) in [6.07, 6.45) is 8.76. The molecule has 0 aromatic heterocycles. The highest BCUT2D eigenvalue weighted by molar-refractivity contribution is 5.05. The van der Waals surface area contributed by atoms with E-state index >= 15 is 0 Å². The Morgan fingerprint density at radius 3 is 1.30 bits per heavy atom. The summed E-state index contributed by atoms with van der Waals surface area (Å²) in [7, 11) is 2.29. The van der Waals surface area contributed by atoms with Crippen LogP contribution in [0.1, 0.15) is 115 Å². The van der Waals surface area contributed by atoms with Crippen LogP contribution in [0.15, 0.2) is 0 Å². The highest BCUT2D eigenvalue weighted by Crippen LogP contribution is 2.62. The van der Waals surface area contributed by atoms with Crippen LogP contribution in [0.5, 0.6) is 0 Å². The van der Waals surface area contributed by atoms with Gasteiger partial charge in [0.2, 0.25) is 0 Å². The van der Waals surface area contributed by atoms with Crippen molar-refractivity contribution >= 4 is 0 Å². The third-order valence-electron chi connectivity index (χ3n) is 9.39. The molecule has 0 aromatic rings. The summed E-state index contributed by atoms with van der Waals surface area (Å²) in [5, 5.41) is 0. The van der Waals surface area contributed by atoms with Gasteiger partial charge in [-0.1, -0.05) is 89.0 Å². The molecule has 0 spiro atoms. The Bertz CT molecular complexity index is 426. The lowest BCUT2D eigenvalue weighted by atomic mass is 9.47. The summed E-state index contributed by atoms with van der Waals surface area (Å²) in [4.78, 5) is 2.53. The van der Waals surface area contributed by atoms with Crippen LogP contribution in [0.4, 0.5) is 0 Å². The van der Waals surface area contributed by atoms with Crippen molar-refractivity contribution in [3.63, 3.8) is 0 Å². The maximum Gasteiger partial charge on any atom is -0.00162 e. The van der Waals surface area contributed by atoms with Crippen molar-refractivity contribution in [1.82, 2.24) is 4.90 Å². The van der Waals surface area contributed by atoms with Gasteiger partial charge in [0.1, 0.15) is 0 Å². The molecular weight excluding hydrogens is 326 g/mol. The molecule has 1 aliphatic heterocycles. The molecule has 27 heavy (non-hydrogen) atoms. The summed E-state index contributed by atoms with van der Waals surface area (Å²) in [6, 6.07) is 0. The molecule has 1 saturated carbocycles. The van der Waals surface area contributed by atoms with Gasteiger partial charge in [0, 0.05) is 0 Å². The zero-order valence-corrected chi connectivity index (χ0v) is 21.2. The number of piperidine rings is 1. The Labute approximate surface area is 173 Å². The van der Waals surface area contributed by atoms with E-state index in [2.05, 4.69) is 88.1 Å². The molecule has 2 fully saturated rings. The van der Waals surface area contributed by atoms with E-state index in [1.165, 1.54) is 51.6 Å². The Kier molecular flexibility index (Phi) is 7.75. The van der Waals surface area contributed by atoms with Crippen LogP contribution in [0.3, 0.4) is 0 Å². The van der Waals surface area contributed by atoms with Gasteiger partial charge in [-0.3, -0.25) is 0 Å². The molecule has 2 aliphatic rings. The molecule has 0 bridgehead atoms. The summed E-state index contributed by atoms with van der Waals surface area (Å²) in [5.41, 5.74) is 2.27. The van der Waals surface area contributed by atoms with E-state index in [0.29, 0.717) is 27.1 Å². The Hall–Kier alpha value is -0.0400. The molecule has 1 heterocycles. The summed E-state index contributed by atoms with van der Waals surface area (Å²) in [5.74, 6) is 0.982. The molecule has 1 heteroatoms. The van der Waals surface area contributed by atoms with Crippen molar-refractivity contribution in [2.24, 2.45) is 33.0 Å². The van der Waals surface area contributed by atoms with E-state index in [0.717, 1.165) is 5.92 Å². The average Bonchev–Trinajstić information content (AvgIpc) is 3.00. The third-order valence-corrected chi connectivity index (χ3v) is 9.39. The molecule has 0 atom stereocenters. The van der Waals surface area contributed by atoms with Gasteiger partial charge in [0.25, 0.3) is 0 Å². The zero-order chi connectivity index (χ0) is 21.3. The van der Waals surface area contributed by atoms with Gasteiger partial charge >= 0.3 is 0 Å². The Morgan fingerprint density at radius 2 is 1.00 bits per heavy atom. The molecule has 1 aliphatic carbocycles. The highest BCUT2D eigenvalue weighted by Gasteiger charge is 2.55. The largest absolute Gasteiger partial charge is 0.306 e. The molecule has 0 radical (unpaired) electrons. The second-order valence-corrected chi connectivity index (χ2v) is 13.3. The van der Waals surface area contributed by atoms with Crippen molar-refractivity contribution in [2.75, 3.05) is 20.1 Å². The number of rotatable bonds is 2. The lowest BCUT2D eigenvalue weighted by Gasteiger charge is -2.60. The molecule has 0 amide bonds. The molecular formula is C26H53N. The van der Waals surface area contributed by atoms with Gasteiger partial charge in [0.15, 0.2) is 0 Å². The normalized spacial score (nSPS) is 23.1. The molecule has 1 saturated heterocycles. The average molecular weight is 380 g/mol. The molecule has 0 aromatic carbocycles. The van der Waals surface area contributed by atoms with Crippen molar-refractivity contribution < 1.29 is 0 Å². The molecule has 0 unspecified atom stereocenters. The first-order valence-electron chi connectivity index (χ1n) is 11.6. The lowest BCUT2D eigenvalue weighted by molar-refractivity contribution is -0.108. The van der Waals surface area contributed by atoms with Crippen molar-refractivity contribution in [3.05, 3.63) is 0 Å². The number of nitrogens with zero attached hydrogens (tertiary/aromatic N) is 1. The fourth-order valence-corrected chi connectivity index (χ4v) is 4.79. The van der Waals surface area contributed by atoms with Crippen LogP contribution in [0.25, 0.3) is 0 Å². The van der Waals surface area contributed by atoms with E-state index in [1.54, 1.807) is 0 Å². The molecule has 162 valence electrons. The van der Waals surface area contributed by atoms with Gasteiger partial charge in [0.05, 0.1) is 0 Å². The van der Waals surface area contributed by atoms with E-state index < -0.39 is 0 Å². The minimum absolute atomic E-state index is 0.394. The number of hydrogen-bond acceptors (Lipinski definition) is 1. The predicted octanol–water partition coefficient (Wildman–Crippen LogP) is 8.04. The molecule has 1 nitrogen and oxygen atoms in total. The van der Waals surface area contributed by atoms with E-state index in [4.69, 9.17) is 0 Å². The minimum atomic E-state index is 0.394. The lowest BCUT2D eigenvalue weighted by Crippen LogP contribution is -2.55. The van der Waals surface area contributed by atoms with Gasteiger partial charge in [-0.2, -0.15) is 0 Å². The monoisotopic (exact) mass is 379 g/mol. The number of likely N-dealkylation sites (tertiary alicyclic amines) is 1. The van der Waals surface area contributed by atoms with E-state index in [-0.39, 0.29) is 0 Å². The van der Waals surface area contributed by atoms with Crippen LogP contribution in [-0.2, 0) is 0 Å². The standard InChI is InChI=1S/C18H35N.C8H18/c1-16(2,3)17(4,5)18(15-9-7-8-10-15)11-13-19(6)14-12-18;1-7(2,3)8(4,5)6/h15H,7-14H2,1-6H3;1-6H3. The zero-order valence-electron chi connectivity index (χ0n) is 21.2. The van der Waals surface area contributed by atoms with Crippen molar-refractivity contribution in [2.45, 2.75) is 115 Å². The summed E-state index contributed by atoms with van der Waals surface area (Å²) >= 11 is 0. The summed E-state index contributed by atoms with van der Waals surface area (Å²) < 4.78 is 0. The third kappa shape index (κ3) is 5.52. The van der Waals surface area contributed by atoms with Crippen LogP contribution in [-0.4, -0.2) is 25.0 Å².